The molecule has 0 fully saturated rings. The molecule has 3 heteroatoms. The van der Waals surface area contributed by atoms with Gasteiger partial charge in [0.2, 0.25) is 0 Å². The molecular weight excluding hydrogens is 250 g/mol. The van der Waals surface area contributed by atoms with Crippen molar-refractivity contribution in [2.24, 2.45) is 0 Å². The Balaban J connectivity index is 2.08. The molecule has 0 spiro atoms. The Hall–Kier alpha value is -2.03. The van der Waals surface area contributed by atoms with Crippen LogP contribution < -0.4 is 5.32 Å². The van der Waals surface area contributed by atoms with Gasteiger partial charge in [0.15, 0.2) is 0 Å². The van der Waals surface area contributed by atoms with Gasteiger partial charge in [-0.05, 0) is 51.0 Å². The highest BCUT2D eigenvalue weighted by atomic mass is 16.3. The Kier molecular flexibility index (Phi) is 4.28. The number of aryl methyl sites for hydroxylation is 3. The molecule has 1 aromatic carbocycles. The van der Waals surface area contributed by atoms with Crippen molar-refractivity contribution in [1.29, 1.82) is 0 Å². The third-order valence-electron chi connectivity index (χ3n) is 3.37. The molecule has 1 amide bonds. The number of carbonyl (C=O) groups is 1. The molecule has 20 heavy (non-hydrogen) atoms. The van der Waals surface area contributed by atoms with Gasteiger partial charge in [0.05, 0.1) is 6.26 Å². The van der Waals surface area contributed by atoms with Gasteiger partial charge in [-0.25, -0.2) is 0 Å². The highest BCUT2D eigenvalue weighted by molar-refractivity contribution is 5.97. The summed E-state index contributed by atoms with van der Waals surface area (Å²) in [6.07, 6.45) is 2.35. The zero-order valence-electron chi connectivity index (χ0n) is 12.5. The molecule has 1 aromatic heterocycles. The molecule has 0 radical (unpaired) electrons. The van der Waals surface area contributed by atoms with Crippen LogP contribution in [0.5, 0.6) is 0 Å². The van der Waals surface area contributed by atoms with E-state index in [-0.39, 0.29) is 11.9 Å². The van der Waals surface area contributed by atoms with Crippen LogP contribution in [-0.4, -0.2) is 11.9 Å². The molecule has 2 rings (SSSR count). The minimum Gasteiger partial charge on any atom is -0.469 e. The highest BCUT2D eigenvalue weighted by Gasteiger charge is 2.15. The monoisotopic (exact) mass is 271 g/mol. The molecule has 0 aliphatic heterocycles. The second-order valence-corrected chi connectivity index (χ2v) is 5.43. The Bertz CT molecular complexity index is 576. The molecule has 2 aromatic rings. The molecule has 1 unspecified atom stereocenters. The maximum Gasteiger partial charge on any atom is 0.252 e. The Morgan fingerprint density at radius 3 is 2.45 bits per heavy atom. The first-order chi connectivity index (χ1) is 9.47. The standard InChI is InChI=1S/C17H21NO2/c1-11-8-12(2)16(13(3)9-11)17(19)18-14(4)10-15-6-5-7-20-15/h5-9,14H,10H2,1-4H3,(H,18,19). The second-order valence-electron chi connectivity index (χ2n) is 5.43. The van der Waals surface area contributed by atoms with Crippen LogP contribution in [0.1, 0.15) is 39.7 Å². The highest BCUT2D eigenvalue weighted by Crippen LogP contribution is 2.16. The number of carbonyl (C=O) groups excluding carboxylic acids is 1. The number of furan rings is 1. The van der Waals surface area contributed by atoms with E-state index in [0.717, 1.165) is 22.5 Å². The number of nitrogens with one attached hydrogen (secondary N) is 1. The van der Waals surface area contributed by atoms with Gasteiger partial charge in [0.25, 0.3) is 5.91 Å². The first-order valence-electron chi connectivity index (χ1n) is 6.88. The van der Waals surface area contributed by atoms with E-state index in [9.17, 15) is 4.79 Å². The Morgan fingerprint density at radius 2 is 1.90 bits per heavy atom. The molecule has 0 saturated heterocycles. The summed E-state index contributed by atoms with van der Waals surface area (Å²) in [5.41, 5.74) is 4.00. The predicted octanol–water partition coefficient (Wildman–Crippen LogP) is 3.57. The van der Waals surface area contributed by atoms with Gasteiger partial charge < -0.3 is 9.73 Å². The lowest BCUT2D eigenvalue weighted by atomic mass is 9.99. The van der Waals surface area contributed by atoms with E-state index in [1.807, 2.05) is 52.0 Å². The van der Waals surface area contributed by atoms with Crippen LogP contribution in [0.3, 0.4) is 0 Å². The molecule has 0 saturated carbocycles. The van der Waals surface area contributed by atoms with Crippen LogP contribution in [0.15, 0.2) is 34.9 Å². The van der Waals surface area contributed by atoms with E-state index >= 15 is 0 Å². The lowest BCUT2D eigenvalue weighted by molar-refractivity contribution is 0.0938. The van der Waals surface area contributed by atoms with E-state index in [1.54, 1.807) is 6.26 Å². The van der Waals surface area contributed by atoms with Gasteiger partial charge in [0, 0.05) is 18.0 Å². The average Bonchev–Trinajstić information content (AvgIpc) is 2.79. The predicted molar refractivity (Wildman–Crippen MR) is 80.0 cm³/mol. The summed E-state index contributed by atoms with van der Waals surface area (Å²) in [7, 11) is 0. The maximum atomic E-state index is 12.4. The van der Waals surface area contributed by atoms with Crippen molar-refractivity contribution in [3.63, 3.8) is 0 Å². The van der Waals surface area contributed by atoms with Gasteiger partial charge in [-0.2, -0.15) is 0 Å². The van der Waals surface area contributed by atoms with Crippen LogP contribution in [0.4, 0.5) is 0 Å². The third-order valence-corrected chi connectivity index (χ3v) is 3.37. The molecule has 1 N–H and O–H groups in total. The second kappa shape index (κ2) is 5.95. The summed E-state index contributed by atoms with van der Waals surface area (Å²) in [4.78, 5) is 12.4. The van der Waals surface area contributed by atoms with Crippen LogP contribution in [0, 0.1) is 20.8 Å². The van der Waals surface area contributed by atoms with Crippen molar-refractivity contribution in [3.8, 4) is 0 Å². The zero-order chi connectivity index (χ0) is 14.7. The normalized spacial score (nSPS) is 12.2. The summed E-state index contributed by atoms with van der Waals surface area (Å²) in [5.74, 6) is 0.870. The van der Waals surface area contributed by atoms with E-state index in [1.165, 1.54) is 5.56 Å². The van der Waals surface area contributed by atoms with Gasteiger partial charge in [-0.15, -0.1) is 0 Å². The zero-order valence-corrected chi connectivity index (χ0v) is 12.5. The van der Waals surface area contributed by atoms with Crippen molar-refractivity contribution >= 4 is 5.91 Å². The quantitative estimate of drug-likeness (QED) is 0.923. The summed E-state index contributed by atoms with van der Waals surface area (Å²) < 4.78 is 5.30. The fourth-order valence-corrected chi connectivity index (χ4v) is 2.62. The minimum absolute atomic E-state index is 0.0148. The Labute approximate surface area is 120 Å². The topological polar surface area (TPSA) is 42.2 Å². The van der Waals surface area contributed by atoms with Crippen molar-refractivity contribution in [1.82, 2.24) is 5.32 Å². The number of benzene rings is 1. The summed E-state index contributed by atoms with van der Waals surface area (Å²) in [5, 5.41) is 3.04. The lowest BCUT2D eigenvalue weighted by Gasteiger charge is -2.16. The van der Waals surface area contributed by atoms with Crippen LogP contribution >= 0.6 is 0 Å². The van der Waals surface area contributed by atoms with Crippen molar-refractivity contribution in [2.45, 2.75) is 40.2 Å². The largest absolute Gasteiger partial charge is 0.469 e. The number of hydrogen-bond donors (Lipinski definition) is 1. The summed E-state index contributed by atoms with van der Waals surface area (Å²) in [6.45, 7) is 7.98. The van der Waals surface area contributed by atoms with Gasteiger partial charge >= 0.3 is 0 Å². The van der Waals surface area contributed by atoms with Crippen LogP contribution in [0.25, 0.3) is 0 Å². The number of amides is 1. The molecule has 0 aliphatic rings. The summed E-state index contributed by atoms with van der Waals surface area (Å²) >= 11 is 0. The van der Waals surface area contributed by atoms with Gasteiger partial charge in [-0.1, -0.05) is 17.7 Å². The molecule has 0 aliphatic carbocycles. The fourth-order valence-electron chi connectivity index (χ4n) is 2.62. The average molecular weight is 271 g/mol. The molecule has 0 bridgehead atoms. The molecular formula is C17H21NO2. The van der Waals surface area contributed by atoms with Gasteiger partial charge in [-0.3, -0.25) is 4.79 Å². The first kappa shape index (κ1) is 14.4. The third kappa shape index (κ3) is 3.29. The fraction of sp³-hybridized carbons (Fsp3) is 0.353. The molecule has 1 atom stereocenters. The van der Waals surface area contributed by atoms with Crippen LogP contribution in [-0.2, 0) is 6.42 Å². The number of rotatable bonds is 4. The van der Waals surface area contributed by atoms with E-state index < -0.39 is 0 Å². The first-order valence-corrected chi connectivity index (χ1v) is 6.88. The van der Waals surface area contributed by atoms with E-state index in [0.29, 0.717) is 6.42 Å². The summed E-state index contributed by atoms with van der Waals surface area (Å²) in [6, 6.07) is 7.90. The molecule has 106 valence electrons. The lowest BCUT2D eigenvalue weighted by Crippen LogP contribution is -2.34. The Morgan fingerprint density at radius 1 is 1.25 bits per heavy atom. The number of hydrogen-bond acceptors (Lipinski definition) is 2. The SMILES string of the molecule is Cc1cc(C)c(C(=O)NC(C)Cc2ccco2)c(C)c1. The molecule has 3 nitrogen and oxygen atoms in total. The van der Waals surface area contributed by atoms with Crippen molar-refractivity contribution < 1.29 is 9.21 Å². The maximum absolute atomic E-state index is 12.4. The van der Waals surface area contributed by atoms with Crippen molar-refractivity contribution in [2.75, 3.05) is 0 Å². The molecule has 1 heterocycles. The van der Waals surface area contributed by atoms with E-state index in [4.69, 9.17) is 4.42 Å². The van der Waals surface area contributed by atoms with E-state index in [2.05, 4.69) is 5.32 Å². The van der Waals surface area contributed by atoms with Crippen molar-refractivity contribution in [3.05, 3.63) is 58.5 Å². The smallest absolute Gasteiger partial charge is 0.252 e. The van der Waals surface area contributed by atoms with Gasteiger partial charge in [0.1, 0.15) is 5.76 Å². The van der Waals surface area contributed by atoms with Crippen LogP contribution in [0.2, 0.25) is 0 Å². The minimum atomic E-state index is -0.0148.